The molecule has 0 amide bonds. The molecule has 1 saturated carbocycles. The summed E-state index contributed by atoms with van der Waals surface area (Å²) in [4.78, 5) is 11.2. The van der Waals surface area contributed by atoms with Crippen molar-refractivity contribution in [1.29, 1.82) is 0 Å². The van der Waals surface area contributed by atoms with Gasteiger partial charge < -0.3 is 9.47 Å². The maximum atomic E-state index is 11.2. The number of allylic oxidation sites excluding steroid dienone is 2. The van der Waals surface area contributed by atoms with E-state index in [1.165, 1.54) is 38.2 Å². The van der Waals surface area contributed by atoms with Gasteiger partial charge in [-0.25, -0.2) is 4.79 Å². The third-order valence-electron chi connectivity index (χ3n) is 4.22. The Hall–Kier alpha value is -1.09. The van der Waals surface area contributed by atoms with Crippen molar-refractivity contribution in [2.24, 2.45) is 11.3 Å². The first-order valence-corrected chi connectivity index (χ1v) is 8.06. The number of hydrogen-bond donors (Lipinski definition) is 0. The van der Waals surface area contributed by atoms with E-state index in [0.717, 1.165) is 0 Å². The lowest BCUT2D eigenvalue weighted by Gasteiger charge is -2.38. The molecule has 1 aliphatic carbocycles. The maximum Gasteiger partial charge on any atom is 0.330 e. The van der Waals surface area contributed by atoms with Gasteiger partial charge in [-0.1, -0.05) is 51.3 Å². The summed E-state index contributed by atoms with van der Waals surface area (Å²) in [7, 11) is 1.81. The molecule has 0 aromatic rings. The number of rotatable bonds is 7. The molecule has 0 radical (unpaired) electrons. The Labute approximate surface area is 129 Å². The number of methoxy groups -OCH3 is 1. The molecule has 1 unspecified atom stereocenters. The van der Waals surface area contributed by atoms with E-state index in [1.54, 1.807) is 13.0 Å². The minimum absolute atomic E-state index is 0.0459. The zero-order valence-electron chi connectivity index (χ0n) is 13.9. The van der Waals surface area contributed by atoms with Crippen LogP contribution in [-0.4, -0.2) is 25.8 Å². The first-order chi connectivity index (χ1) is 10.0. The van der Waals surface area contributed by atoms with Gasteiger partial charge in [-0.15, -0.1) is 0 Å². The molecule has 0 spiro atoms. The minimum atomic E-state index is -0.296. The lowest BCUT2D eigenvalue weighted by molar-refractivity contribution is -0.137. The van der Waals surface area contributed by atoms with E-state index in [9.17, 15) is 4.79 Å². The van der Waals surface area contributed by atoms with Crippen molar-refractivity contribution in [3.8, 4) is 0 Å². The predicted octanol–water partition coefficient (Wildman–Crippen LogP) is 4.28. The van der Waals surface area contributed by atoms with Gasteiger partial charge in [0.1, 0.15) is 0 Å². The Morgan fingerprint density at radius 2 is 1.90 bits per heavy atom. The Morgan fingerprint density at radius 3 is 2.48 bits per heavy atom. The highest BCUT2D eigenvalue weighted by Crippen LogP contribution is 2.37. The van der Waals surface area contributed by atoms with Gasteiger partial charge in [0, 0.05) is 18.6 Å². The van der Waals surface area contributed by atoms with Gasteiger partial charge in [0.05, 0.1) is 12.7 Å². The summed E-state index contributed by atoms with van der Waals surface area (Å²) in [6, 6.07) is 0. The van der Waals surface area contributed by atoms with Crippen LogP contribution in [0.25, 0.3) is 0 Å². The fraction of sp³-hybridized carbons (Fsp3) is 0.722. The van der Waals surface area contributed by atoms with Crippen LogP contribution in [0, 0.1) is 11.3 Å². The highest BCUT2D eigenvalue weighted by molar-refractivity contribution is 5.82. The summed E-state index contributed by atoms with van der Waals surface area (Å²) >= 11 is 0. The standard InChI is InChI=1S/C18H30O3/c1-5-21-16(19)13-9-10-14-18(2,3)17(20-4)15-11-7-6-8-12-15/h9-10,13-15,17H,5-8,11-12H2,1-4H3/b13-9+,14-10+. The first kappa shape index (κ1) is 18.0. The second-order valence-corrected chi connectivity index (χ2v) is 6.35. The molecule has 0 bridgehead atoms. The summed E-state index contributed by atoms with van der Waals surface area (Å²) in [5, 5.41) is 0. The van der Waals surface area contributed by atoms with Crippen LogP contribution in [-0.2, 0) is 14.3 Å². The first-order valence-electron chi connectivity index (χ1n) is 8.06. The molecule has 1 fully saturated rings. The molecule has 1 atom stereocenters. The molecule has 0 aromatic carbocycles. The molecule has 3 heteroatoms. The largest absolute Gasteiger partial charge is 0.463 e. The van der Waals surface area contributed by atoms with Crippen LogP contribution in [0.15, 0.2) is 24.3 Å². The Morgan fingerprint density at radius 1 is 1.24 bits per heavy atom. The fourth-order valence-corrected chi connectivity index (χ4v) is 3.26. The van der Waals surface area contributed by atoms with Crippen LogP contribution in [0.1, 0.15) is 52.9 Å². The topological polar surface area (TPSA) is 35.5 Å². The van der Waals surface area contributed by atoms with Crippen LogP contribution in [0.3, 0.4) is 0 Å². The zero-order chi connectivity index (χ0) is 15.7. The molecule has 0 saturated heterocycles. The normalized spacial score (nSPS) is 19.2. The number of esters is 1. The predicted molar refractivity (Wildman–Crippen MR) is 86.1 cm³/mol. The van der Waals surface area contributed by atoms with Crippen LogP contribution < -0.4 is 0 Å². The van der Waals surface area contributed by atoms with Gasteiger partial charge in [0.2, 0.25) is 0 Å². The highest BCUT2D eigenvalue weighted by atomic mass is 16.5. The van der Waals surface area contributed by atoms with Crippen LogP contribution in [0.5, 0.6) is 0 Å². The summed E-state index contributed by atoms with van der Waals surface area (Å²) in [5.74, 6) is 0.341. The van der Waals surface area contributed by atoms with E-state index >= 15 is 0 Å². The van der Waals surface area contributed by atoms with E-state index in [1.807, 2.05) is 13.2 Å². The van der Waals surface area contributed by atoms with Crippen molar-refractivity contribution in [3.63, 3.8) is 0 Å². The van der Waals surface area contributed by atoms with Crippen molar-refractivity contribution < 1.29 is 14.3 Å². The average molecular weight is 294 g/mol. The van der Waals surface area contributed by atoms with Crippen molar-refractivity contribution >= 4 is 5.97 Å². The molecule has 0 aromatic heterocycles. The minimum Gasteiger partial charge on any atom is -0.463 e. The van der Waals surface area contributed by atoms with Crippen molar-refractivity contribution in [2.75, 3.05) is 13.7 Å². The van der Waals surface area contributed by atoms with Gasteiger partial charge >= 0.3 is 5.97 Å². The van der Waals surface area contributed by atoms with Gasteiger partial charge in [0.15, 0.2) is 0 Å². The van der Waals surface area contributed by atoms with Crippen molar-refractivity contribution in [1.82, 2.24) is 0 Å². The third-order valence-corrected chi connectivity index (χ3v) is 4.22. The smallest absolute Gasteiger partial charge is 0.330 e. The average Bonchev–Trinajstić information content (AvgIpc) is 2.45. The molecule has 0 heterocycles. The van der Waals surface area contributed by atoms with Crippen LogP contribution in [0.4, 0.5) is 0 Å². The second kappa shape index (κ2) is 9.04. The Bertz CT molecular complexity index is 363. The van der Waals surface area contributed by atoms with E-state index < -0.39 is 0 Å². The van der Waals surface area contributed by atoms with Crippen molar-refractivity contribution in [2.45, 2.75) is 59.0 Å². The summed E-state index contributed by atoms with van der Waals surface area (Å²) in [6.07, 6.45) is 14.0. The Balaban J connectivity index is 2.61. The maximum absolute atomic E-state index is 11.2. The molecule has 21 heavy (non-hydrogen) atoms. The lowest BCUT2D eigenvalue weighted by Crippen LogP contribution is -2.37. The summed E-state index contributed by atoms with van der Waals surface area (Å²) in [6.45, 7) is 6.61. The molecule has 120 valence electrons. The van der Waals surface area contributed by atoms with E-state index in [2.05, 4.69) is 19.9 Å². The van der Waals surface area contributed by atoms with Crippen LogP contribution >= 0.6 is 0 Å². The summed E-state index contributed by atoms with van der Waals surface area (Å²) < 4.78 is 10.7. The quantitative estimate of drug-likeness (QED) is 0.399. The van der Waals surface area contributed by atoms with E-state index in [0.29, 0.717) is 12.5 Å². The van der Waals surface area contributed by atoms with Gasteiger partial charge in [-0.2, -0.15) is 0 Å². The second-order valence-electron chi connectivity index (χ2n) is 6.35. The molecule has 1 aliphatic rings. The van der Waals surface area contributed by atoms with Gasteiger partial charge in [0.25, 0.3) is 0 Å². The van der Waals surface area contributed by atoms with E-state index in [-0.39, 0.29) is 17.5 Å². The summed E-state index contributed by atoms with van der Waals surface area (Å²) in [5.41, 5.74) is -0.0459. The number of carbonyl (C=O) groups excluding carboxylic acids is 1. The monoisotopic (exact) mass is 294 g/mol. The van der Waals surface area contributed by atoms with E-state index in [4.69, 9.17) is 9.47 Å². The zero-order valence-corrected chi connectivity index (χ0v) is 13.9. The molecule has 0 aliphatic heterocycles. The molecule has 3 nitrogen and oxygen atoms in total. The Kier molecular flexibility index (Phi) is 7.73. The molecular formula is C18H30O3. The fourth-order valence-electron chi connectivity index (χ4n) is 3.26. The van der Waals surface area contributed by atoms with Crippen molar-refractivity contribution in [3.05, 3.63) is 24.3 Å². The molecule has 1 rings (SSSR count). The third kappa shape index (κ3) is 6.04. The lowest BCUT2D eigenvalue weighted by atomic mass is 9.73. The van der Waals surface area contributed by atoms with Gasteiger partial charge in [-0.05, 0) is 25.7 Å². The number of carbonyl (C=O) groups is 1. The number of hydrogen-bond acceptors (Lipinski definition) is 3. The number of ether oxygens (including phenoxy) is 2. The molecular weight excluding hydrogens is 264 g/mol. The molecule has 0 N–H and O–H groups in total. The SMILES string of the molecule is CCOC(=O)/C=C/C=C/C(C)(C)C(OC)C1CCCCC1. The van der Waals surface area contributed by atoms with Gasteiger partial charge in [-0.3, -0.25) is 0 Å². The van der Waals surface area contributed by atoms with Crippen LogP contribution in [0.2, 0.25) is 0 Å². The highest BCUT2D eigenvalue weighted by Gasteiger charge is 2.34.